The highest BCUT2D eigenvalue weighted by atomic mass is 31.2. The van der Waals surface area contributed by atoms with E-state index in [1.165, 1.54) is 116 Å². The lowest BCUT2D eigenvalue weighted by atomic mass is 9.97. The molecule has 73 heavy (non-hydrogen) atoms. The first kappa shape index (κ1) is 67.7. The fraction of sp³-hybridized carbons (Fsp3) is 0.962. The number of hydrogen-bond acceptors (Lipinski definition) is 18. The molecule has 2 unspecified atom stereocenters. The van der Waals surface area contributed by atoms with Crippen LogP contribution in [0.2, 0.25) is 0 Å². The zero-order valence-corrected chi connectivity index (χ0v) is 45.6. The normalized spacial score (nSPS) is 25.6. The summed E-state index contributed by atoms with van der Waals surface area (Å²) in [5, 5.41) is 71.4. The number of ether oxygens (including phenoxy) is 6. The standard InChI is InChI=1S/C53H101O19P/c1-3-5-7-9-11-13-15-17-19-21-23-25-29-33-44(56)66-39-41(69-45(57)34-30-26-24-22-20-18-16-14-12-10-8-6-4-2)40-68-73(63,64)67-36-32-28-27-31-35-65-52-50(62)48(60)51(43(38-55)71-52)72-53-49(61)47(59)46(58)42(37-54)70-53/h41-43,46-55,58-62H,3-40H2,1-2H3,(H,63,64)/t41?,42-,43-,46+,47+,48-,49-,50-,51-,52-,53+/m1/s1. The summed E-state index contributed by atoms with van der Waals surface area (Å²) in [7, 11) is -4.58. The van der Waals surface area contributed by atoms with Crippen molar-refractivity contribution in [3.8, 4) is 0 Å². The molecule has 2 heterocycles. The first-order chi connectivity index (χ1) is 35.3. The van der Waals surface area contributed by atoms with Gasteiger partial charge in [-0.05, 0) is 25.7 Å². The minimum Gasteiger partial charge on any atom is -0.462 e. The molecule has 0 spiro atoms. The molecule has 2 fully saturated rings. The third-order valence-electron chi connectivity index (χ3n) is 13.7. The van der Waals surface area contributed by atoms with E-state index >= 15 is 0 Å². The number of carbonyl (C=O) groups is 2. The van der Waals surface area contributed by atoms with E-state index in [-0.39, 0.29) is 32.7 Å². The lowest BCUT2D eigenvalue weighted by Gasteiger charge is -2.45. The number of phosphoric acid groups is 1. The number of phosphoric ester groups is 1. The number of aliphatic hydroxyl groups is 7. The van der Waals surface area contributed by atoms with Crippen LogP contribution >= 0.6 is 7.82 Å². The molecular weight excluding hydrogens is 972 g/mol. The molecular formula is C53H101O19P. The quantitative estimate of drug-likeness (QED) is 0.0164. The van der Waals surface area contributed by atoms with Gasteiger partial charge in [0, 0.05) is 19.4 Å². The van der Waals surface area contributed by atoms with Crippen molar-refractivity contribution in [2.24, 2.45) is 0 Å². The maximum Gasteiger partial charge on any atom is 0.472 e. The monoisotopic (exact) mass is 1070 g/mol. The molecule has 0 aromatic carbocycles. The largest absolute Gasteiger partial charge is 0.472 e. The van der Waals surface area contributed by atoms with Crippen LogP contribution in [0.5, 0.6) is 0 Å². The van der Waals surface area contributed by atoms with Gasteiger partial charge in [-0.25, -0.2) is 4.57 Å². The molecule has 0 aliphatic carbocycles. The maximum atomic E-state index is 12.9. The van der Waals surface area contributed by atoms with Crippen molar-refractivity contribution in [3.63, 3.8) is 0 Å². The van der Waals surface area contributed by atoms with Crippen molar-refractivity contribution in [1.82, 2.24) is 0 Å². The second kappa shape index (κ2) is 42.6. The van der Waals surface area contributed by atoms with Gasteiger partial charge < -0.3 is 69.1 Å². The van der Waals surface area contributed by atoms with Crippen molar-refractivity contribution in [1.29, 1.82) is 0 Å². The van der Waals surface area contributed by atoms with E-state index in [1.807, 2.05) is 0 Å². The second-order valence-electron chi connectivity index (χ2n) is 20.2. The van der Waals surface area contributed by atoms with Gasteiger partial charge in [0.25, 0.3) is 0 Å². The van der Waals surface area contributed by atoms with Crippen molar-refractivity contribution < 1.29 is 92.3 Å². The number of aliphatic hydroxyl groups excluding tert-OH is 7. The highest BCUT2D eigenvalue weighted by Crippen LogP contribution is 2.43. The molecule has 0 radical (unpaired) electrons. The summed E-state index contributed by atoms with van der Waals surface area (Å²) < 4.78 is 56.4. The van der Waals surface area contributed by atoms with Crippen LogP contribution < -0.4 is 0 Å². The number of hydrogen-bond donors (Lipinski definition) is 8. The van der Waals surface area contributed by atoms with Gasteiger partial charge in [-0.3, -0.25) is 18.6 Å². The molecule has 20 heteroatoms. The molecule has 2 saturated heterocycles. The molecule has 432 valence electrons. The highest BCUT2D eigenvalue weighted by molar-refractivity contribution is 7.47. The highest BCUT2D eigenvalue weighted by Gasteiger charge is 2.50. The molecule has 8 N–H and O–H groups in total. The minimum atomic E-state index is -4.58. The second-order valence-corrected chi connectivity index (χ2v) is 21.6. The minimum absolute atomic E-state index is 0.0662. The summed E-state index contributed by atoms with van der Waals surface area (Å²) in [4.78, 5) is 36.0. The maximum absolute atomic E-state index is 12.9. The number of esters is 2. The number of unbranched alkanes of at least 4 members (excludes halogenated alkanes) is 27. The Morgan fingerprint density at radius 2 is 0.904 bits per heavy atom. The van der Waals surface area contributed by atoms with Crippen LogP contribution in [-0.2, 0) is 51.6 Å². The zero-order valence-electron chi connectivity index (χ0n) is 44.7. The van der Waals surface area contributed by atoms with E-state index in [4.69, 9.17) is 37.5 Å². The van der Waals surface area contributed by atoms with Gasteiger partial charge in [-0.2, -0.15) is 0 Å². The Labute approximate surface area is 437 Å². The third-order valence-corrected chi connectivity index (χ3v) is 14.6. The SMILES string of the molecule is CCCCCCCCCCCCCCCC(=O)OCC(COP(=O)(O)OCCCCCCO[C@@H]1O[C@H](CO)[C@@H](O[C@@H]2O[C@H](CO)[C@H](O)[C@H](O)[C@H]2O)[C@H](O)[C@H]1O)OC(=O)CCCCCCCCCCCCCCC. The molecule has 12 atom stereocenters. The summed E-state index contributed by atoms with van der Waals surface area (Å²) in [6.07, 6.45) is 16.4. The fourth-order valence-electron chi connectivity index (χ4n) is 9.04. The van der Waals surface area contributed by atoms with Gasteiger partial charge in [0.1, 0.15) is 55.4 Å². The van der Waals surface area contributed by atoms with E-state index < -0.39 is 107 Å². The molecule has 0 aromatic heterocycles. The Morgan fingerprint density at radius 1 is 0.479 bits per heavy atom. The summed E-state index contributed by atoms with van der Waals surface area (Å²) in [6, 6.07) is 0. The zero-order chi connectivity index (χ0) is 53.5. The smallest absolute Gasteiger partial charge is 0.462 e. The van der Waals surface area contributed by atoms with E-state index in [2.05, 4.69) is 13.8 Å². The molecule has 2 aliphatic rings. The fourth-order valence-corrected chi connectivity index (χ4v) is 9.83. The van der Waals surface area contributed by atoms with E-state index in [0.29, 0.717) is 38.5 Å². The lowest BCUT2D eigenvalue weighted by Crippen LogP contribution is -2.64. The molecule has 2 rings (SSSR count). The average molecular weight is 1070 g/mol. The van der Waals surface area contributed by atoms with Crippen LogP contribution in [0.15, 0.2) is 0 Å². The Morgan fingerprint density at radius 3 is 1.40 bits per heavy atom. The van der Waals surface area contributed by atoms with Crippen molar-refractivity contribution >= 4 is 19.8 Å². The predicted molar refractivity (Wildman–Crippen MR) is 274 cm³/mol. The summed E-state index contributed by atoms with van der Waals surface area (Å²) in [5.41, 5.74) is 0. The molecule has 2 aliphatic heterocycles. The first-order valence-corrected chi connectivity index (χ1v) is 29.9. The molecule has 0 saturated carbocycles. The summed E-state index contributed by atoms with van der Waals surface area (Å²) in [5.74, 6) is -0.932. The summed E-state index contributed by atoms with van der Waals surface area (Å²) in [6.45, 7) is 2.17. The van der Waals surface area contributed by atoms with Crippen LogP contribution in [-0.4, -0.2) is 160 Å². The third kappa shape index (κ3) is 31.0. The van der Waals surface area contributed by atoms with Gasteiger partial charge in [-0.1, -0.05) is 181 Å². The number of rotatable bonds is 47. The van der Waals surface area contributed by atoms with Gasteiger partial charge in [0.15, 0.2) is 18.7 Å². The van der Waals surface area contributed by atoms with Gasteiger partial charge in [-0.15, -0.1) is 0 Å². The molecule has 0 amide bonds. The summed E-state index contributed by atoms with van der Waals surface area (Å²) >= 11 is 0. The van der Waals surface area contributed by atoms with Crippen molar-refractivity contribution in [3.05, 3.63) is 0 Å². The Balaban J connectivity index is 1.71. The van der Waals surface area contributed by atoms with Crippen molar-refractivity contribution in [2.75, 3.05) is 39.6 Å². The topological polar surface area (TPSA) is 287 Å². The predicted octanol–water partition coefficient (Wildman–Crippen LogP) is 7.74. The van der Waals surface area contributed by atoms with Gasteiger partial charge in [0.2, 0.25) is 0 Å². The van der Waals surface area contributed by atoms with E-state index in [9.17, 15) is 54.8 Å². The van der Waals surface area contributed by atoms with Crippen LogP contribution in [0.1, 0.15) is 219 Å². The van der Waals surface area contributed by atoms with Gasteiger partial charge >= 0.3 is 19.8 Å². The number of carbonyl (C=O) groups excluding carboxylic acids is 2. The molecule has 0 aromatic rings. The van der Waals surface area contributed by atoms with E-state index in [0.717, 1.165) is 38.5 Å². The molecule has 19 nitrogen and oxygen atoms in total. The Hall–Kier alpha value is -1.39. The first-order valence-electron chi connectivity index (χ1n) is 28.4. The van der Waals surface area contributed by atoms with Crippen LogP contribution in [0, 0.1) is 0 Å². The molecule has 0 bridgehead atoms. The van der Waals surface area contributed by atoms with Gasteiger partial charge in [0.05, 0.1) is 26.4 Å². The Kier molecular flexibility index (Phi) is 39.5. The lowest BCUT2D eigenvalue weighted by molar-refractivity contribution is -0.359. The van der Waals surface area contributed by atoms with E-state index in [1.54, 1.807) is 0 Å². The van der Waals surface area contributed by atoms with Crippen molar-refractivity contribution in [2.45, 2.75) is 287 Å². The van der Waals surface area contributed by atoms with Crippen LogP contribution in [0.3, 0.4) is 0 Å². The van der Waals surface area contributed by atoms with Crippen LogP contribution in [0.4, 0.5) is 0 Å². The van der Waals surface area contributed by atoms with Crippen LogP contribution in [0.25, 0.3) is 0 Å². The Bertz CT molecular complexity index is 1390. The average Bonchev–Trinajstić information content (AvgIpc) is 3.37.